The maximum atomic E-state index is 12.1. The Morgan fingerprint density at radius 3 is 2.92 bits per heavy atom. The van der Waals surface area contributed by atoms with Gasteiger partial charge >= 0.3 is 5.97 Å². The van der Waals surface area contributed by atoms with Crippen LogP contribution in [-0.2, 0) is 4.79 Å². The zero-order valence-corrected chi connectivity index (χ0v) is 16.2. The summed E-state index contributed by atoms with van der Waals surface area (Å²) in [6, 6.07) is 0.0463. The Bertz CT molecular complexity index is 672. The van der Waals surface area contributed by atoms with E-state index >= 15 is 0 Å². The minimum absolute atomic E-state index is 0.0463. The van der Waals surface area contributed by atoms with E-state index in [1.165, 1.54) is 47.7 Å². The number of thiazole rings is 1. The second-order valence-corrected chi connectivity index (χ2v) is 9.03. The molecule has 8 heteroatoms. The predicted octanol–water partition coefficient (Wildman–Crippen LogP) is 3.03. The number of carboxylic acids is 1. The van der Waals surface area contributed by atoms with Gasteiger partial charge in [-0.05, 0) is 18.8 Å². The average molecular weight is 397 g/mol. The van der Waals surface area contributed by atoms with Crippen LogP contribution in [-0.4, -0.2) is 56.4 Å². The quantitative estimate of drug-likeness (QED) is 0.492. The number of amides is 1. The van der Waals surface area contributed by atoms with Gasteiger partial charge in [0.2, 0.25) is 5.91 Å². The first-order valence-electron chi connectivity index (χ1n) is 9.00. The van der Waals surface area contributed by atoms with Gasteiger partial charge in [-0.3, -0.25) is 4.79 Å². The van der Waals surface area contributed by atoms with Crippen LogP contribution in [0.25, 0.3) is 0 Å². The molecule has 1 aromatic rings. The predicted molar refractivity (Wildman–Crippen MR) is 102 cm³/mol. The van der Waals surface area contributed by atoms with Crippen molar-refractivity contribution in [2.75, 3.05) is 12.3 Å². The average Bonchev–Trinajstić information content (AvgIpc) is 3.17. The van der Waals surface area contributed by atoms with Gasteiger partial charge in [-0.25, -0.2) is 9.78 Å². The van der Waals surface area contributed by atoms with Crippen LogP contribution in [0.3, 0.4) is 0 Å². The second-order valence-electron chi connectivity index (χ2n) is 6.83. The molecular weight excluding hydrogens is 372 g/mol. The van der Waals surface area contributed by atoms with Gasteiger partial charge in [-0.15, -0.1) is 11.3 Å². The Morgan fingerprint density at radius 2 is 2.27 bits per heavy atom. The highest BCUT2D eigenvalue weighted by Gasteiger charge is 2.29. The molecule has 6 nitrogen and oxygen atoms in total. The number of carbonyl (C=O) groups is 2. The first-order chi connectivity index (χ1) is 12.5. The molecule has 1 amide bonds. The summed E-state index contributed by atoms with van der Waals surface area (Å²) in [5.41, 5.74) is 0.0657. The summed E-state index contributed by atoms with van der Waals surface area (Å²) in [6.07, 6.45) is 9.27. The summed E-state index contributed by atoms with van der Waals surface area (Å²) in [5.74, 6) is 0.446. The molecule has 0 radical (unpaired) electrons. The Morgan fingerprint density at radius 1 is 1.46 bits per heavy atom. The molecule has 2 fully saturated rings. The second kappa shape index (κ2) is 9.01. The van der Waals surface area contributed by atoms with Crippen molar-refractivity contribution in [2.45, 2.75) is 55.0 Å². The molecule has 2 atom stereocenters. The standard InChI is InChI=1S/C18H24N2O4S2/c21-14(10-12-2-1-3-12)6-4-13-5-7-16(22)20(13)8-9-25-18-19-15(11-26-18)17(23)24/h4,6,11-14,21H,1-3,5,7-10H2,(H,23,24)/b6-4+/t13-,14+/m0/s1. The van der Waals surface area contributed by atoms with E-state index in [4.69, 9.17) is 5.11 Å². The molecule has 1 aromatic heterocycles. The van der Waals surface area contributed by atoms with Gasteiger partial charge in [-0.1, -0.05) is 43.2 Å². The third-order valence-corrected chi connectivity index (χ3v) is 6.99. The SMILES string of the molecule is O=C(O)c1csc(SCCN2C(=O)CC[C@@H]2/C=C/[C@@H](O)CC2CCC2)n1. The maximum absolute atomic E-state index is 12.1. The van der Waals surface area contributed by atoms with E-state index in [2.05, 4.69) is 4.98 Å². The number of hydrogen-bond donors (Lipinski definition) is 2. The van der Waals surface area contributed by atoms with E-state index in [0.29, 0.717) is 29.0 Å². The lowest BCUT2D eigenvalue weighted by atomic mass is 9.81. The highest BCUT2D eigenvalue weighted by molar-refractivity contribution is 8.01. The molecule has 26 heavy (non-hydrogen) atoms. The number of thioether (sulfide) groups is 1. The highest BCUT2D eigenvalue weighted by atomic mass is 32.2. The minimum atomic E-state index is -1.02. The van der Waals surface area contributed by atoms with Crippen LogP contribution >= 0.6 is 23.1 Å². The third kappa shape index (κ3) is 5.08. The number of aliphatic hydroxyl groups is 1. The largest absolute Gasteiger partial charge is 0.476 e. The fourth-order valence-corrected chi connectivity index (χ4v) is 5.11. The van der Waals surface area contributed by atoms with Gasteiger partial charge < -0.3 is 15.1 Å². The number of carbonyl (C=O) groups excluding carboxylic acids is 1. The highest BCUT2D eigenvalue weighted by Crippen LogP contribution is 2.31. The van der Waals surface area contributed by atoms with Crippen molar-refractivity contribution >= 4 is 35.0 Å². The molecule has 3 rings (SSSR count). The molecule has 1 aliphatic carbocycles. The van der Waals surface area contributed by atoms with Crippen LogP contribution in [0.2, 0.25) is 0 Å². The normalized spacial score (nSPS) is 22.1. The van der Waals surface area contributed by atoms with Crippen molar-refractivity contribution < 1.29 is 19.8 Å². The van der Waals surface area contributed by atoms with Crippen LogP contribution in [0.5, 0.6) is 0 Å². The lowest BCUT2D eigenvalue weighted by Crippen LogP contribution is -2.34. The van der Waals surface area contributed by atoms with E-state index in [0.717, 1.165) is 12.8 Å². The van der Waals surface area contributed by atoms with Gasteiger partial charge in [0.05, 0.1) is 12.1 Å². The van der Waals surface area contributed by atoms with E-state index in [9.17, 15) is 14.7 Å². The summed E-state index contributed by atoms with van der Waals surface area (Å²) >= 11 is 2.78. The van der Waals surface area contributed by atoms with Gasteiger partial charge in [0.15, 0.2) is 10.0 Å². The van der Waals surface area contributed by atoms with Crippen molar-refractivity contribution in [3.05, 3.63) is 23.2 Å². The minimum Gasteiger partial charge on any atom is -0.476 e. The molecule has 0 aromatic carbocycles. The molecule has 1 aliphatic heterocycles. The Kier molecular flexibility index (Phi) is 6.72. The zero-order valence-electron chi connectivity index (χ0n) is 14.5. The van der Waals surface area contributed by atoms with Gasteiger partial charge in [0.1, 0.15) is 0 Å². The lowest BCUT2D eigenvalue weighted by Gasteiger charge is -2.27. The number of aromatic carboxylic acids is 1. The van der Waals surface area contributed by atoms with Gasteiger partial charge in [0.25, 0.3) is 0 Å². The van der Waals surface area contributed by atoms with Gasteiger partial charge in [-0.2, -0.15) is 0 Å². The van der Waals surface area contributed by atoms with Crippen LogP contribution in [0, 0.1) is 5.92 Å². The molecular formula is C18H24N2O4S2. The number of nitrogens with zero attached hydrogens (tertiary/aromatic N) is 2. The summed E-state index contributed by atoms with van der Waals surface area (Å²) < 4.78 is 0.706. The van der Waals surface area contributed by atoms with Crippen molar-refractivity contribution in [2.24, 2.45) is 5.92 Å². The monoisotopic (exact) mass is 396 g/mol. The smallest absolute Gasteiger partial charge is 0.355 e. The number of likely N-dealkylation sites (tertiary alicyclic amines) is 1. The number of rotatable bonds is 9. The maximum Gasteiger partial charge on any atom is 0.355 e. The lowest BCUT2D eigenvalue weighted by molar-refractivity contribution is -0.128. The molecule has 0 unspecified atom stereocenters. The van der Waals surface area contributed by atoms with E-state index in [1.807, 2.05) is 17.1 Å². The molecule has 2 heterocycles. The topological polar surface area (TPSA) is 90.7 Å². The number of aromatic nitrogens is 1. The fourth-order valence-electron chi connectivity index (χ4n) is 3.30. The molecule has 142 valence electrons. The zero-order chi connectivity index (χ0) is 18.5. The van der Waals surface area contributed by atoms with E-state index in [1.54, 1.807) is 0 Å². The summed E-state index contributed by atoms with van der Waals surface area (Å²) in [6.45, 7) is 0.596. The molecule has 0 bridgehead atoms. The number of hydrogen-bond acceptors (Lipinski definition) is 6. The van der Waals surface area contributed by atoms with Crippen LogP contribution in [0.1, 0.15) is 49.0 Å². The summed E-state index contributed by atoms with van der Waals surface area (Å²) in [7, 11) is 0. The van der Waals surface area contributed by atoms with Crippen LogP contribution in [0.15, 0.2) is 21.9 Å². The first kappa shape index (κ1) is 19.4. The molecule has 2 aliphatic rings. The number of carboxylic acid groups (broad SMARTS) is 1. The van der Waals surface area contributed by atoms with Gasteiger partial charge in [0, 0.05) is 24.1 Å². The summed E-state index contributed by atoms with van der Waals surface area (Å²) in [4.78, 5) is 28.9. The van der Waals surface area contributed by atoms with Crippen molar-refractivity contribution in [1.29, 1.82) is 0 Å². The number of aliphatic hydroxyl groups excluding tert-OH is 1. The first-order valence-corrected chi connectivity index (χ1v) is 10.9. The van der Waals surface area contributed by atoms with E-state index < -0.39 is 12.1 Å². The molecule has 2 N–H and O–H groups in total. The van der Waals surface area contributed by atoms with Crippen molar-refractivity contribution in [3.63, 3.8) is 0 Å². The van der Waals surface area contributed by atoms with Crippen LogP contribution < -0.4 is 0 Å². The third-order valence-electron chi connectivity index (χ3n) is 4.99. The van der Waals surface area contributed by atoms with E-state index in [-0.39, 0.29) is 17.6 Å². The molecule has 1 saturated heterocycles. The molecule has 0 spiro atoms. The Balaban J connectivity index is 1.46. The fraction of sp³-hybridized carbons (Fsp3) is 0.611. The Hall–Kier alpha value is -1.38. The van der Waals surface area contributed by atoms with Crippen molar-refractivity contribution in [3.8, 4) is 0 Å². The Labute approximate surface area is 161 Å². The van der Waals surface area contributed by atoms with Crippen LogP contribution in [0.4, 0.5) is 0 Å². The molecule has 1 saturated carbocycles. The summed E-state index contributed by atoms with van der Waals surface area (Å²) in [5, 5.41) is 20.5. The van der Waals surface area contributed by atoms with Crippen molar-refractivity contribution in [1.82, 2.24) is 9.88 Å².